The number of aliphatic hydroxyl groups is 2. The van der Waals surface area contributed by atoms with Gasteiger partial charge in [-0.1, -0.05) is 44.5 Å². The van der Waals surface area contributed by atoms with Crippen molar-refractivity contribution in [3.63, 3.8) is 0 Å². The Hall–Kier alpha value is -3.14. The monoisotopic (exact) mass is 753 g/mol. The number of carboxylic acid groups (broad SMARTS) is 2. The fourth-order valence-electron chi connectivity index (χ4n) is 10.8. The fraction of sp³-hybridized carbons (Fsp3) is 0.651. The van der Waals surface area contributed by atoms with Gasteiger partial charge in [-0.05, 0) is 166 Å². The summed E-state index contributed by atoms with van der Waals surface area (Å²) >= 11 is 5.80. The van der Waals surface area contributed by atoms with Crippen molar-refractivity contribution in [2.75, 3.05) is 6.54 Å². The molecule has 4 aliphatic carbocycles. The van der Waals surface area contributed by atoms with Crippen LogP contribution in [-0.2, 0) is 16.0 Å². The number of aliphatic carboxylic acids is 2. The van der Waals surface area contributed by atoms with Crippen LogP contribution in [0.1, 0.15) is 115 Å². The quantitative estimate of drug-likeness (QED) is 0.155. The lowest BCUT2D eigenvalue weighted by Crippen LogP contribution is -2.58. The second-order valence-electron chi connectivity index (χ2n) is 17.4. The van der Waals surface area contributed by atoms with E-state index in [9.17, 15) is 24.6 Å². The van der Waals surface area contributed by atoms with Crippen LogP contribution in [0.5, 0.6) is 5.75 Å². The van der Waals surface area contributed by atoms with Gasteiger partial charge in [0.25, 0.3) is 5.91 Å². The first-order valence-corrected chi connectivity index (χ1v) is 20.0. The minimum atomic E-state index is -1.28. The molecule has 9 nitrogen and oxygen atoms in total. The van der Waals surface area contributed by atoms with Gasteiger partial charge in [0.1, 0.15) is 5.75 Å². The van der Waals surface area contributed by atoms with Gasteiger partial charge < -0.3 is 30.5 Å². The predicted molar refractivity (Wildman–Crippen MR) is 205 cm³/mol. The molecule has 10 heteroatoms. The first-order chi connectivity index (χ1) is 24.9. The molecule has 0 bridgehead atoms. The number of amides is 1. The average molecular weight is 754 g/mol. The summed E-state index contributed by atoms with van der Waals surface area (Å²) in [6.07, 6.45) is 9.85. The van der Waals surface area contributed by atoms with Crippen LogP contribution < -0.4 is 10.1 Å². The Kier molecular flexibility index (Phi) is 12.9. The van der Waals surface area contributed by atoms with E-state index in [1.807, 2.05) is 12.1 Å². The molecule has 5 N–H and O–H groups in total. The minimum Gasteiger partial charge on any atom is -0.481 e. The highest BCUT2D eigenvalue weighted by atomic mass is 35.5. The van der Waals surface area contributed by atoms with Crippen LogP contribution >= 0.6 is 11.6 Å². The molecule has 0 unspecified atom stereocenters. The fourth-order valence-corrected chi connectivity index (χ4v) is 10.9. The lowest BCUT2D eigenvalue weighted by atomic mass is 9.43. The van der Waals surface area contributed by atoms with Crippen LogP contribution in [0.15, 0.2) is 48.5 Å². The van der Waals surface area contributed by atoms with Gasteiger partial charge in [0, 0.05) is 23.6 Å². The molecule has 0 radical (unpaired) electrons. The summed E-state index contributed by atoms with van der Waals surface area (Å²) in [5.74, 6) is 1.66. The van der Waals surface area contributed by atoms with E-state index >= 15 is 0 Å². The molecule has 6 rings (SSSR count). The molecule has 0 aromatic heterocycles. The van der Waals surface area contributed by atoms with E-state index in [-0.39, 0.29) is 35.4 Å². The smallest absolute Gasteiger partial charge is 0.347 e. The number of hydrogen-bond donors (Lipinski definition) is 5. The maximum absolute atomic E-state index is 12.0. The highest BCUT2D eigenvalue weighted by Crippen LogP contribution is 2.68. The SMILES string of the molecule is CC(C)(Oc1ccc(CCNC(=O)c2ccc(Cl)cc2)cc1)C(=O)O.C[C@H](CCC(=O)O)[C@H]1CC[C@H]2[C@@H]3[C@@H](O)C[C@@H]4C[C@H](O)CC[C@]4(C)[C@H]3CC[C@]12C. The molecular formula is C43H60ClNO8. The van der Waals surface area contributed by atoms with Gasteiger partial charge >= 0.3 is 11.9 Å². The van der Waals surface area contributed by atoms with Gasteiger partial charge in [-0.15, -0.1) is 0 Å². The Labute approximate surface area is 319 Å². The molecule has 0 saturated heterocycles. The van der Waals surface area contributed by atoms with E-state index in [0.717, 1.165) is 37.7 Å². The van der Waals surface area contributed by atoms with Crippen molar-refractivity contribution in [1.29, 1.82) is 0 Å². The number of nitrogens with one attached hydrogen (secondary N) is 1. The zero-order chi connectivity index (χ0) is 38.7. The summed E-state index contributed by atoms with van der Waals surface area (Å²) in [6.45, 7) is 10.6. The zero-order valence-electron chi connectivity index (χ0n) is 32.0. The van der Waals surface area contributed by atoms with Crippen molar-refractivity contribution < 1.29 is 39.5 Å². The van der Waals surface area contributed by atoms with E-state index in [1.165, 1.54) is 39.5 Å². The Morgan fingerprint density at radius 3 is 2.19 bits per heavy atom. The number of fused-ring (bicyclic) bond motifs is 5. The Morgan fingerprint density at radius 1 is 0.906 bits per heavy atom. The Bertz CT molecular complexity index is 1580. The molecule has 2 aromatic rings. The number of carbonyl (C=O) groups is 3. The highest BCUT2D eigenvalue weighted by molar-refractivity contribution is 6.30. The summed E-state index contributed by atoms with van der Waals surface area (Å²) in [5.41, 5.74) is 0.809. The normalized spacial score (nSPS) is 32.5. The van der Waals surface area contributed by atoms with Crippen LogP contribution in [0.4, 0.5) is 0 Å². The molecule has 4 fully saturated rings. The molecule has 2 aromatic carbocycles. The Balaban J connectivity index is 0.000000206. The van der Waals surface area contributed by atoms with Crippen molar-refractivity contribution in [2.45, 2.75) is 123 Å². The molecule has 0 aliphatic heterocycles. The summed E-state index contributed by atoms with van der Waals surface area (Å²) in [7, 11) is 0. The van der Waals surface area contributed by atoms with Crippen LogP contribution in [0, 0.1) is 46.3 Å². The van der Waals surface area contributed by atoms with Gasteiger partial charge in [0.05, 0.1) is 12.2 Å². The largest absolute Gasteiger partial charge is 0.481 e. The lowest BCUT2D eigenvalue weighted by molar-refractivity contribution is -0.174. The van der Waals surface area contributed by atoms with Gasteiger partial charge in [0.2, 0.25) is 0 Å². The summed E-state index contributed by atoms with van der Waals surface area (Å²) in [6, 6.07) is 13.8. The zero-order valence-corrected chi connectivity index (χ0v) is 32.8. The van der Waals surface area contributed by atoms with E-state index in [0.29, 0.717) is 64.8 Å². The average Bonchev–Trinajstić information content (AvgIpc) is 3.46. The summed E-state index contributed by atoms with van der Waals surface area (Å²) < 4.78 is 5.45. The van der Waals surface area contributed by atoms with Gasteiger partial charge in [-0.2, -0.15) is 0 Å². The number of halogens is 1. The van der Waals surface area contributed by atoms with Crippen molar-refractivity contribution >= 4 is 29.4 Å². The van der Waals surface area contributed by atoms with Crippen molar-refractivity contribution in [1.82, 2.24) is 5.32 Å². The molecule has 53 heavy (non-hydrogen) atoms. The molecular weight excluding hydrogens is 694 g/mol. The molecule has 4 saturated carbocycles. The number of hydrogen-bond acceptors (Lipinski definition) is 6. The minimum absolute atomic E-state index is 0.153. The van der Waals surface area contributed by atoms with Crippen LogP contribution in [0.3, 0.4) is 0 Å². The third-order valence-corrected chi connectivity index (χ3v) is 14.1. The van der Waals surface area contributed by atoms with Crippen molar-refractivity contribution in [3.8, 4) is 5.75 Å². The van der Waals surface area contributed by atoms with Gasteiger partial charge in [-0.3, -0.25) is 9.59 Å². The topological polar surface area (TPSA) is 153 Å². The van der Waals surface area contributed by atoms with E-state index in [2.05, 4.69) is 26.1 Å². The summed E-state index contributed by atoms with van der Waals surface area (Å²) in [4.78, 5) is 34.1. The molecule has 0 spiro atoms. The van der Waals surface area contributed by atoms with Crippen LogP contribution in [-0.4, -0.2) is 62.6 Å². The molecule has 10 atom stereocenters. The molecule has 4 aliphatic rings. The third-order valence-electron chi connectivity index (χ3n) is 13.8. The van der Waals surface area contributed by atoms with Gasteiger partial charge in [-0.25, -0.2) is 4.79 Å². The predicted octanol–water partition coefficient (Wildman–Crippen LogP) is 8.03. The number of benzene rings is 2. The number of aliphatic hydroxyl groups excluding tert-OH is 2. The maximum Gasteiger partial charge on any atom is 0.347 e. The second kappa shape index (κ2) is 16.7. The second-order valence-corrected chi connectivity index (χ2v) is 17.9. The number of rotatable bonds is 11. The standard InChI is InChI=1S/C24H40O4.C19H20ClNO4/c1-14(4-7-21(27)28)17-5-6-18-22-19(9-11-24(17,18)3)23(2)10-8-16(25)12-15(23)13-20(22)26;1-19(2,18(23)24)25-16-9-3-13(4-10-16)11-12-21-17(22)14-5-7-15(20)8-6-14/h14-20,22,25-26H,4-13H2,1-3H3,(H,27,28);3-10H,11-12H2,1-2H3,(H,21,22)(H,23,24)/t14-,15+,16-,17-,18+,19+,20+,22+,23+,24-;/m1./s1. The molecule has 1 amide bonds. The van der Waals surface area contributed by atoms with Crippen molar-refractivity contribution in [3.05, 3.63) is 64.7 Å². The van der Waals surface area contributed by atoms with Crippen LogP contribution in [0.2, 0.25) is 5.02 Å². The number of ether oxygens (including phenoxy) is 1. The van der Waals surface area contributed by atoms with E-state index in [4.69, 9.17) is 26.6 Å². The van der Waals surface area contributed by atoms with Crippen molar-refractivity contribution in [2.24, 2.45) is 46.3 Å². The molecule has 0 heterocycles. The van der Waals surface area contributed by atoms with E-state index < -0.39 is 17.5 Å². The maximum atomic E-state index is 12.0. The first-order valence-electron chi connectivity index (χ1n) is 19.6. The van der Waals surface area contributed by atoms with Crippen LogP contribution in [0.25, 0.3) is 0 Å². The highest BCUT2D eigenvalue weighted by Gasteiger charge is 2.62. The summed E-state index contributed by atoms with van der Waals surface area (Å²) in [5, 5.41) is 43.0. The first kappa shape index (κ1) is 41.0. The third kappa shape index (κ3) is 9.22. The number of carboxylic acids is 2. The number of carbonyl (C=O) groups excluding carboxylic acids is 1. The van der Waals surface area contributed by atoms with Gasteiger partial charge in [0.15, 0.2) is 5.60 Å². The Morgan fingerprint density at radius 2 is 1.55 bits per heavy atom. The lowest BCUT2D eigenvalue weighted by Gasteiger charge is -2.62. The molecule has 292 valence electrons. The van der Waals surface area contributed by atoms with E-state index in [1.54, 1.807) is 36.4 Å².